The second kappa shape index (κ2) is 8.36. The maximum atomic E-state index is 12.2. The molecule has 1 N–H and O–H groups in total. The molecule has 0 spiro atoms. The van der Waals surface area contributed by atoms with Crippen LogP contribution in [0.1, 0.15) is 13.3 Å². The molecule has 0 aromatic heterocycles. The Morgan fingerprint density at radius 3 is 2.68 bits per heavy atom. The molecule has 1 atom stereocenters. The van der Waals surface area contributed by atoms with Gasteiger partial charge in [-0.2, -0.15) is 0 Å². The molecular weight excluding hydrogens is 328 g/mol. The SMILES string of the molecule is COCCCNC(=O)C(C)N(c1cccc(Cl)c1)S(C)(=O)=O. The van der Waals surface area contributed by atoms with Crippen LogP contribution in [0.5, 0.6) is 0 Å². The molecule has 0 bridgehead atoms. The van der Waals surface area contributed by atoms with E-state index in [1.807, 2.05) is 0 Å². The van der Waals surface area contributed by atoms with Crippen LogP contribution in [0.3, 0.4) is 0 Å². The number of sulfonamides is 1. The zero-order chi connectivity index (χ0) is 16.8. The molecule has 8 heteroatoms. The second-order valence-electron chi connectivity index (χ2n) is 4.85. The monoisotopic (exact) mass is 348 g/mol. The van der Waals surface area contributed by atoms with Gasteiger partial charge in [0.25, 0.3) is 0 Å². The fourth-order valence-electron chi connectivity index (χ4n) is 2.00. The third kappa shape index (κ3) is 5.47. The number of nitrogens with zero attached hydrogens (tertiary/aromatic N) is 1. The molecule has 0 fully saturated rings. The first-order chi connectivity index (χ1) is 10.3. The highest BCUT2D eigenvalue weighted by molar-refractivity contribution is 7.92. The van der Waals surface area contributed by atoms with Crippen LogP contribution in [0, 0.1) is 0 Å². The van der Waals surface area contributed by atoms with Crippen LogP contribution >= 0.6 is 11.6 Å². The van der Waals surface area contributed by atoms with Crippen molar-refractivity contribution in [2.24, 2.45) is 0 Å². The number of halogens is 1. The maximum Gasteiger partial charge on any atom is 0.243 e. The Morgan fingerprint density at radius 2 is 2.14 bits per heavy atom. The number of carbonyl (C=O) groups is 1. The first-order valence-electron chi connectivity index (χ1n) is 6.79. The highest BCUT2D eigenvalue weighted by Gasteiger charge is 2.28. The Balaban J connectivity index is 2.91. The van der Waals surface area contributed by atoms with Crippen molar-refractivity contribution < 1.29 is 17.9 Å². The summed E-state index contributed by atoms with van der Waals surface area (Å²) in [7, 11) is -2.05. The Bertz CT molecular complexity index is 607. The van der Waals surface area contributed by atoms with Crippen LogP contribution in [-0.4, -0.2) is 46.9 Å². The molecule has 0 aliphatic heterocycles. The molecule has 0 aliphatic rings. The average Bonchev–Trinajstić information content (AvgIpc) is 2.42. The van der Waals surface area contributed by atoms with Crippen molar-refractivity contribution >= 4 is 33.2 Å². The number of rotatable bonds is 8. The molecule has 1 unspecified atom stereocenters. The third-order valence-electron chi connectivity index (χ3n) is 2.98. The van der Waals surface area contributed by atoms with Gasteiger partial charge in [-0.1, -0.05) is 17.7 Å². The second-order valence-corrected chi connectivity index (χ2v) is 7.15. The molecule has 0 radical (unpaired) electrons. The summed E-state index contributed by atoms with van der Waals surface area (Å²) < 4.78 is 30.1. The summed E-state index contributed by atoms with van der Waals surface area (Å²) in [6.07, 6.45) is 1.72. The Hall–Kier alpha value is -1.31. The van der Waals surface area contributed by atoms with Crippen molar-refractivity contribution in [2.75, 3.05) is 30.8 Å². The van der Waals surface area contributed by atoms with E-state index < -0.39 is 16.1 Å². The van der Waals surface area contributed by atoms with Crippen LogP contribution in [0.25, 0.3) is 0 Å². The predicted molar refractivity (Wildman–Crippen MR) is 87.7 cm³/mol. The lowest BCUT2D eigenvalue weighted by Crippen LogP contribution is -2.48. The molecule has 0 saturated carbocycles. The molecule has 6 nitrogen and oxygen atoms in total. The van der Waals surface area contributed by atoms with Gasteiger partial charge in [0.1, 0.15) is 6.04 Å². The van der Waals surface area contributed by atoms with Crippen molar-refractivity contribution in [3.63, 3.8) is 0 Å². The van der Waals surface area contributed by atoms with E-state index in [4.69, 9.17) is 16.3 Å². The predicted octanol–water partition coefficient (Wildman–Crippen LogP) is 1.65. The summed E-state index contributed by atoms with van der Waals surface area (Å²) in [5.74, 6) is -0.374. The van der Waals surface area contributed by atoms with Crippen molar-refractivity contribution in [1.29, 1.82) is 0 Å². The Labute approximate surface area is 136 Å². The summed E-state index contributed by atoms with van der Waals surface area (Å²) in [6.45, 7) is 2.48. The zero-order valence-corrected chi connectivity index (χ0v) is 14.4. The van der Waals surface area contributed by atoms with Gasteiger partial charge < -0.3 is 10.1 Å². The van der Waals surface area contributed by atoms with E-state index in [1.54, 1.807) is 25.3 Å². The quantitative estimate of drug-likeness (QED) is 0.725. The molecule has 22 heavy (non-hydrogen) atoms. The maximum absolute atomic E-state index is 12.2. The van der Waals surface area contributed by atoms with E-state index >= 15 is 0 Å². The standard InChI is InChI=1S/C14H21ClN2O4S/c1-11(14(18)16-8-5-9-21-2)17(22(3,19)20)13-7-4-6-12(15)10-13/h4,6-7,10-11H,5,8-9H2,1-3H3,(H,16,18). The Kier molecular flexibility index (Phi) is 7.12. The fraction of sp³-hybridized carbons (Fsp3) is 0.500. The van der Waals surface area contributed by atoms with Gasteiger partial charge in [-0.25, -0.2) is 8.42 Å². The van der Waals surface area contributed by atoms with Crippen LogP contribution in [0.15, 0.2) is 24.3 Å². The zero-order valence-electron chi connectivity index (χ0n) is 12.9. The van der Waals surface area contributed by atoms with Crippen LogP contribution in [0.2, 0.25) is 5.02 Å². The molecular formula is C14H21ClN2O4S. The van der Waals surface area contributed by atoms with E-state index in [0.29, 0.717) is 30.3 Å². The molecule has 1 aromatic carbocycles. The van der Waals surface area contributed by atoms with E-state index in [0.717, 1.165) is 10.6 Å². The molecule has 0 heterocycles. The van der Waals surface area contributed by atoms with Crippen molar-refractivity contribution in [3.8, 4) is 0 Å². The molecule has 1 aromatic rings. The summed E-state index contributed by atoms with van der Waals surface area (Å²) in [6, 6.07) is 5.51. The summed E-state index contributed by atoms with van der Waals surface area (Å²) in [5.41, 5.74) is 0.356. The lowest BCUT2D eigenvalue weighted by Gasteiger charge is -2.28. The molecule has 1 amide bonds. The van der Waals surface area contributed by atoms with E-state index in [9.17, 15) is 13.2 Å². The van der Waals surface area contributed by atoms with Gasteiger partial charge in [0.2, 0.25) is 15.9 Å². The van der Waals surface area contributed by atoms with E-state index in [2.05, 4.69) is 5.32 Å². The van der Waals surface area contributed by atoms with Gasteiger partial charge in [-0.3, -0.25) is 9.10 Å². The summed E-state index contributed by atoms with van der Waals surface area (Å²) in [5, 5.41) is 3.10. The minimum atomic E-state index is -3.63. The summed E-state index contributed by atoms with van der Waals surface area (Å²) in [4.78, 5) is 12.2. The molecule has 0 saturated heterocycles. The van der Waals surface area contributed by atoms with Crippen LogP contribution in [0.4, 0.5) is 5.69 Å². The van der Waals surface area contributed by atoms with Gasteiger partial charge in [0, 0.05) is 25.3 Å². The first-order valence-corrected chi connectivity index (χ1v) is 9.01. The average molecular weight is 349 g/mol. The third-order valence-corrected chi connectivity index (χ3v) is 4.45. The lowest BCUT2D eigenvalue weighted by molar-refractivity contribution is -0.121. The van der Waals surface area contributed by atoms with Crippen molar-refractivity contribution in [1.82, 2.24) is 5.32 Å². The number of carbonyl (C=O) groups excluding carboxylic acids is 1. The Morgan fingerprint density at radius 1 is 1.45 bits per heavy atom. The number of hydrogen-bond acceptors (Lipinski definition) is 4. The fourth-order valence-corrected chi connectivity index (χ4v) is 3.35. The highest BCUT2D eigenvalue weighted by atomic mass is 35.5. The lowest BCUT2D eigenvalue weighted by atomic mass is 10.2. The largest absolute Gasteiger partial charge is 0.385 e. The molecule has 1 rings (SSSR count). The normalized spacial score (nSPS) is 12.7. The van der Waals surface area contributed by atoms with Gasteiger partial charge in [-0.05, 0) is 31.5 Å². The smallest absolute Gasteiger partial charge is 0.243 e. The number of ether oxygens (including phenoxy) is 1. The number of methoxy groups -OCH3 is 1. The number of benzene rings is 1. The highest BCUT2D eigenvalue weighted by Crippen LogP contribution is 2.24. The first kappa shape index (κ1) is 18.7. The van der Waals surface area contributed by atoms with Gasteiger partial charge in [-0.15, -0.1) is 0 Å². The number of hydrogen-bond donors (Lipinski definition) is 1. The minimum absolute atomic E-state index is 0.356. The number of amides is 1. The topological polar surface area (TPSA) is 75.7 Å². The molecule has 124 valence electrons. The number of anilines is 1. The van der Waals surface area contributed by atoms with Crippen LogP contribution in [-0.2, 0) is 19.6 Å². The summed E-state index contributed by atoms with van der Waals surface area (Å²) >= 11 is 5.91. The van der Waals surface area contributed by atoms with E-state index in [1.165, 1.54) is 13.0 Å². The number of nitrogens with one attached hydrogen (secondary N) is 1. The van der Waals surface area contributed by atoms with E-state index in [-0.39, 0.29) is 5.91 Å². The minimum Gasteiger partial charge on any atom is -0.385 e. The molecule has 0 aliphatic carbocycles. The van der Waals surface area contributed by atoms with Crippen LogP contribution < -0.4 is 9.62 Å². The van der Waals surface area contributed by atoms with Gasteiger partial charge in [0.15, 0.2) is 0 Å². The van der Waals surface area contributed by atoms with Crippen molar-refractivity contribution in [3.05, 3.63) is 29.3 Å². The van der Waals surface area contributed by atoms with Gasteiger partial charge >= 0.3 is 0 Å². The van der Waals surface area contributed by atoms with Crippen molar-refractivity contribution in [2.45, 2.75) is 19.4 Å². The van der Waals surface area contributed by atoms with Gasteiger partial charge in [0.05, 0.1) is 11.9 Å².